The highest BCUT2D eigenvalue weighted by Gasteiger charge is 2.32. The molecule has 0 bridgehead atoms. The van der Waals surface area contributed by atoms with Crippen LogP contribution in [0.2, 0.25) is 0 Å². The van der Waals surface area contributed by atoms with E-state index < -0.39 is 21.8 Å². The summed E-state index contributed by atoms with van der Waals surface area (Å²) < 4.78 is 33.8. The van der Waals surface area contributed by atoms with Gasteiger partial charge in [0.25, 0.3) is 11.8 Å². The van der Waals surface area contributed by atoms with Crippen LogP contribution in [0.5, 0.6) is 0 Å². The number of hydrogen-bond donors (Lipinski definition) is 2. The molecule has 2 aromatic rings. The topological polar surface area (TPSA) is 105 Å². The summed E-state index contributed by atoms with van der Waals surface area (Å²) in [5.41, 5.74) is 5.10. The van der Waals surface area contributed by atoms with Crippen molar-refractivity contribution in [3.05, 3.63) is 64.1 Å². The van der Waals surface area contributed by atoms with E-state index in [0.29, 0.717) is 5.56 Å². The van der Waals surface area contributed by atoms with Gasteiger partial charge in [0.05, 0.1) is 17.1 Å². The largest absolute Gasteiger partial charge is 0.373 e. The molecule has 0 aromatic heterocycles. The molecule has 0 radical (unpaired) electrons. The molecule has 0 spiro atoms. The first-order valence-corrected chi connectivity index (χ1v) is 11.5. The number of nitrogens with one attached hydrogen (secondary N) is 2. The minimum atomic E-state index is -3.78. The van der Waals surface area contributed by atoms with Gasteiger partial charge < -0.3 is 4.74 Å². The van der Waals surface area contributed by atoms with Crippen LogP contribution in [0, 0.1) is 0 Å². The van der Waals surface area contributed by atoms with Crippen LogP contribution < -0.4 is 10.9 Å². The Morgan fingerprint density at radius 2 is 1.53 bits per heavy atom. The van der Waals surface area contributed by atoms with Crippen molar-refractivity contribution >= 4 is 37.8 Å². The average molecular weight is 496 g/mol. The summed E-state index contributed by atoms with van der Waals surface area (Å²) in [6.07, 6.45) is -0.437. The summed E-state index contributed by atoms with van der Waals surface area (Å²) in [5.74, 6) is -1.11. The Morgan fingerprint density at radius 3 is 2.13 bits per heavy atom. The van der Waals surface area contributed by atoms with Gasteiger partial charge in [-0.25, -0.2) is 8.42 Å². The number of sulfonamides is 1. The lowest BCUT2D eigenvalue weighted by atomic mass is 10.2. The van der Waals surface area contributed by atoms with Crippen LogP contribution in [0.4, 0.5) is 0 Å². The smallest absolute Gasteiger partial charge is 0.269 e. The third-order valence-corrected chi connectivity index (χ3v) is 6.87. The molecule has 1 aliphatic rings. The van der Waals surface area contributed by atoms with Crippen LogP contribution in [-0.2, 0) is 14.8 Å². The second kappa shape index (κ2) is 9.25. The average Bonchev–Trinajstić information content (AvgIpc) is 2.71. The van der Waals surface area contributed by atoms with Crippen LogP contribution in [0.25, 0.3) is 0 Å². The number of halogens is 1. The lowest BCUT2D eigenvalue weighted by Gasteiger charge is -2.34. The van der Waals surface area contributed by atoms with Gasteiger partial charge in [0.15, 0.2) is 0 Å². The van der Waals surface area contributed by atoms with Crippen molar-refractivity contribution in [2.75, 3.05) is 13.1 Å². The first-order valence-electron chi connectivity index (χ1n) is 9.29. The third-order valence-electron chi connectivity index (χ3n) is 4.52. The first kappa shape index (κ1) is 22.4. The fraction of sp³-hybridized carbons (Fsp3) is 0.300. The highest BCUT2D eigenvalue weighted by molar-refractivity contribution is 9.10. The fourth-order valence-corrected chi connectivity index (χ4v) is 5.03. The van der Waals surface area contributed by atoms with Gasteiger partial charge in [-0.1, -0.05) is 22.0 Å². The normalized spacial score (nSPS) is 19.8. The molecule has 2 atom stereocenters. The van der Waals surface area contributed by atoms with E-state index in [0.717, 1.165) is 4.47 Å². The number of morpholine rings is 1. The van der Waals surface area contributed by atoms with Crippen molar-refractivity contribution in [1.29, 1.82) is 0 Å². The maximum absolute atomic E-state index is 13.0. The van der Waals surface area contributed by atoms with Gasteiger partial charge in [-0.15, -0.1) is 0 Å². The molecule has 8 nitrogen and oxygen atoms in total. The minimum absolute atomic E-state index is 0.00989. The number of hydrogen-bond acceptors (Lipinski definition) is 5. The number of benzene rings is 2. The summed E-state index contributed by atoms with van der Waals surface area (Å²) in [6, 6.07) is 12.3. The lowest BCUT2D eigenvalue weighted by molar-refractivity contribution is -0.0440. The van der Waals surface area contributed by atoms with Crippen molar-refractivity contribution in [2.45, 2.75) is 31.0 Å². The maximum Gasteiger partial charge on any atom is 0.269 e. The summed E-state index contributed by atoms with van der Waals surface area (Å²) in [5, 5.41) is 0. The summed E-state index contributed by atoms with van der Waals surface area (Å²) in [7, 11) is -3.78. The van der Waals surface area contributed by atoms with Gasteiger partial charge in [-0.3, -0.25) is 20.4 Å². The van der Waals surface area contributed by atoms with E-state index in [9.17, 15) is 18.0 Å². The molecule has 2 amide bonds. The number of hydrazine groups is 1. The number of rotatable bonds is 4. The van der Waals surface area contributed by atoms with Gasteiger partial charge in [0.1, 0.15) is 0 Å². The summed E-state index contributed by atoms with van der Waals surface area (Å²) in [4.78, 5) is 24.6. The number of ether oxygens (including phenoxy) is 1. The highest BCUT2D eigenvalue weighted by atomic mass is 79.9. The fourth-order valence-electron chi connectivity index (χ4n) is 3.13. The second-order valence-electron chi connectivity index (χ2n) is 7.02. The van der Waals surface area contributed by atoms with E-state index in [1.807, 2.05) is 13.8 Å². The molecule has 2 N–H and O–H groups in total. The zero-order chi connectivity index (χ0) is 21.9. The zero-order valence-corrected chi connectivity index (χ0v) is 18.9. The van der Waals surface area contributed by atoms with E-state index in [1.54, 1.807) is 24.3 Å². The third kappa shape index (κ3) is 5.25. The Morgan fingerprint density at radius 1 is 0.967 bits per heavy atom. The van der Waals surface area contributed by atoms with Crippen LogP contribution in [0.15, 0.2) is 57.9 Å². The molecule has 1 aliphatic heterocycles. The number of amides is 2. The number of carbonyl (C=O) groups excluding carboxylic acids is 2. The predicted octanol–water partition coefficient (Wildman–Crippen LogP) is 2.32. The predicted molar refractivity (Wildman–Crippen MR) is 114 cm³/mol. The van der Waals surface area contributed by atoms with Gasteiger partial charge in [-0.05, 0) is 56.3 Å². The lowest BCUT2D eigenvalue weighted by Crippen LogP contribution is -2.48. The molecule has 1 fully saturated rings. The SMILES string of the molecule is C[C@@H]1CN(S(=O)(=O)c2cccc(C(=O)NNC(=O)c3ccc(Br)cc3)c2)C[C@H](C)O1. The molecular formula is C20H22BrN3O5S. The van der Waals surface area contributed by atoms with E-state index in [2.05, 4.69) is 26.8 Å². The Kier molecular flexibility index (Phi) is 6.91. The Balaban J connectivity index is 1.70. The van der Waals surface area contributed by atoms with Crippen molar-refractivity contribution in [1.82, 2.24) is 15.2 Å². The number of carbonyl (C=O) groups is 2. The van der Waals surface area contributed by atoms with Crippen molar-refractivity contribution in [3.63, 3.8) is 0 Å². The highest BCUT2D eigenvalue weighted by Crippen LogP contribution is 2.22. The van der Waals surface area contributed by atoms with E-state index >= 15 is 0 Å². The van der Waals surface area contributed by atoms with E-state index in [-0.39, 0.29) is 35.8 Å². The summed E-state index contributed by atoms with van der Waals surface area (Å²) in [6.45, 7) is 4.12. The number of nitrogens with zero attached hydrogens (tertiary/aromatic N) is 1. The standard InChI is InChI=1S/C20H22BrN3O5S/c1-13-11-24(12-14(2)29-13)30(27,28)18-5-3-4-16(10-18)20(26)23-22-19(25)15-6-8-17(21)9-7-15/h3-10,13-14H,11-12H2,1-2H3,(H,22,25)(H,23,26)/t13-,14+. The van der Waals surface area contributed by atoms with Gasteiger partial charge >= 0.3 is 0 Å². The molecule has 1 saturated heterocycles. The molecule has 1 heterocycles. The van der Waals surface area contributed by atoms with E-state index in [1.165, 1.54) is 28.6 Å². The molecule has 3 rings (SSSR count). The van der Waals surface area contributed by atoms with Crippen LogP contribution in [-0.4, -0.2) is 49.8 Å². The molecule has 10 heteroatoms. The summed E-state index contributed by atoms with van der Waals surface area (Å²) >= 11 is 3.28. The quantitative estimate of drug-likeness (QED) is 0.633. The zero-order valence-electron chi connectivity index (χ0n) is 16.5. The van der Waals surface area contributed by atoms with Gasteiger partial charge in [0.2, 0.25) is 10.0 Å². The van der Waals surface area contributed by atoms with Crippen LogP contribution in [0.3, 0.4) is 0 Å². The Labute approximate surface area is 183 Å². The van der Waals surface area contributed by atoms with Crippen molar-refractivity contribution in [3.8, 4) is 0 Å². The monoisotopic (exact) mass is 495 g/mol. The van der Waals surface area contributed by atoms with E-state index in [4.69, 9.17) is 4.74 Å². The molecule has 0 unspecified atom stereocenters. The molecule has 0 saturated carbocycles. The molecule has 30 heavy (non-hydrogen) atoms. The molecule has 0 aliphatic carbocycles. The maximum atomic E-state index is 13.0. The molecule has 160 valence electrons. The Hall–Kier alpha value is -2.27. The van der Waals surface area contributed by atoms with Crippen LogP contribution >= 0.6 is 15.9 Å². The minimum Gasteiger partial charge on any atom is -0.373 e. The second-order valence-corrected chi connectivity index (χ2v) is 9.88. The van der Waals surface area contributed by atoms with Crippen LogP contribution in [0.1, 0.15) is 34.6 Å². The Bertz CT molecular complexity index is 1030. The van der Waals surface area contributed by atoms with Gasteiger partial charge in [0, 0.05) is 28.7 Å². The van der Waals surface area contributed by atoms with Crippen molar-refractivity contribution in [2.24, 2.45) is 0 Å². The molecular weight excluding hydrogens is 474 g/mol. The molecule has 2 aromatic carbocycles. The van der Waals surface area contributed by atoms with Crippen molar-refractivity contribution < 1.29 is 22.7 Å². The van der Waals surface area contributed by atoms with Gasteiger partial charge in [-0.2, -0.15) is 4.31 Å². The first-order chi connectivity index (χ1) is 14.2.